The van der Waals surface area contributed by atoms with Crippen molar-refractivity contribution in [3.63, 3.8) is 0 Å². The highest BCUT2D eigenvalue weighted by Gasteiger charge is 2.02. The van der Waals surface area contributed by atoms with Gasteiger partial charge in [-0.15, -0.1) is 0 Å². The number of imidazole rings is 1. The summed E-state index contributed by atoms with van der Waals surface area (Å²) in [7, 11) is 1.90. The Balaban J connectivity index is 2.07. The molecule has 7 heteroatoms. The second-order valence-corrected chi connectivity index (χ2v) is 3.88. The van der Waals surface area contributed by atoms with E-state index < -0.39 is 5.97 Å². The molecule has 0 atom stereocenters. The van der Waals surface area contributed by atoms with E-state index in [0.29, 0.717) is 25.9 Å². The van der Waals surface area contributed by atoms with Crippen LogP contribution in [0.25, 0.3) is 0 Å². The summed E-state index contributed by atoms with van der Waals surface area (Å²) in [6.07, 6.45) is 4.71. The molecule has 0 fully saturated rings. The second-order valence-electron chi connectivity index (χ2n) is 3.88. The Kier molecular flexibility index (Phi) is 5.69. The smallest absolute Gasteiger partial charge is 0.314 e. The summed E-state index contributed by atoms with van der Waals surface area (Å²) in [4.78, 5) is 25.7. The number of carbonyl (C=O) groups is 2. The summed E-state index contributed by atoms with van der Waals surface area (Å²) in [5.74, 6) is 0.0492. The van der Waals surface area contributed by atoms with E-state index in [1.54, 1.807) is 6.20 Å². The second kappa shape index (κ2) is 7.31. The van der Waals surface area contributed by atoms with Crippen LogP contribution in [0.3, 0.4) is 0 Å². The molecule has 0 aromatic carbocycles. The van der Waals surface area contributed by atoms with E-state index in [4.69, 9.17) is 5.11 Å². The molecule has 1 aromatic rings. The maximum Gasteiger partial charge on any atom is 0.314 e. The van der Waals surface area contributed by atoms with Gasteiger partial charge in [0, 0.05) is 45.4 Å². The van der Waals surface area contributed by atoms with Crippen molar-refractivity contribution in [1.29, 1.82) is 0 Å². The lowest BCUT2D eigenvalue weighted by Gasteiger charge is -2.07. The first-order chi connectivity index (χ1) is 8.59. The van der Waals surface area contributed by atoms with Gasteiger partial charge in [0.05, 0.1) is 0 Å². The van der Waals surface area contributed by atoms with Gasteiger partial charge in [-0.1, -0.05) is 0 Å². The van der Waals surface area contributed by atoms with Crippen molar-refractivity contribution in [1.82, 2.24) is 20.2 Å². The van der Waals surface area contributed by atoms with E-state index in [1.165, 1.54) is 0 Å². The largest absolute Gasteiger partial charge is 0.481 e. The molecule has 0 spiro atoms. The highest BCUT2D eigenvalue weighted by molar-refractivity contribution is 5.73. The van der Waals surface area contributed by atoms with E-state index in [0.717, 1.165) is 5.82 Å². The molecule has 0 unspecified atom stereocenters. The van der Waals surface area contributed by atoms with Crippen LogP contribution in [0.5, 0.6) is 0 Å². The first-order valence-electron chi connectivity index (χ1n) is 5.79. The number of carbonyl (C=O) groups excluding carboxylic acids is 1. The van der Waals surface area contributed by atoms with E-state index in [1.807, 2.05) is 17.8 Å². The number of carboxylic acids is 1. The standard InChI is InChI=1S/C11H18N4O3/c1-15-8-7-12-9(15)4-6-14-11(18)13-5-2-3-10(16)17/h7-8H,2-6H2,1H3,(H,16,17)(H2,13,14,18). The molecule has 0 aliphatic heterocycles. The predicted octanol–water partition coefficient (Wildman–Crippen LogP) is 0.127. The molecule has 2 amide bonds. The zero-order chi connectivity index (χ0) is 13.4. The highest BCUT2D eigenvalue weighted by Crippen LogP contribution is 1.93. The number of hydrogen-bond donors (Lipinski definition) is 3. The van der Waals surface area contributed by atoms with Gasteiger partial charge in [0.25, 0.3) is 0 Å². The first kappa shape index (κ1) is 14.0. The summed E-state index contributed by atoms with van der Waals surface area (Å²) in [5, 5.41) is 13.7. The fourth-order valence-corrected chi connectivity index (χ4v) is 1.43. The van der Waals surface area contributed by atoms with Gasteiger partial charge in [-0.05, 0) is 6.42 Å². The number of urea groups is 1. The number of hydrogen-bond acceptors (Lipinski definition) is 3. The van der Waals surface area contributed by atoms with Crippen LogP contribution >= 0.6 is 0 Å². The van der Waals surface area contributed by atoms with Gasteiger partial charge in [-0.25, -0.2) is 9.78 Å². The maximum absolute atomic E-state index is 11.3. The average Bonchev–Trinajstić information content (AvgIpc) is 2.70. The van der Waals surface area contributed by atoms with Crippen molar-refractivity contribution < 1.29 is 14.7 Å². The third kappa shape index (κ3) is 5.33. The van der Waals surface area contributed by atoms with Crippen LogP contribution in [0.1, 0.15) is 18.7 Å². The fraction of sp³-hybridized carbons (Fsp3) is 0.545. The Morgan fingerprint density at radius 2 is 2.11 bits per heavy atom. The molecular formula is C11H18N4O3. The van der Waals surface area contributed by atoms with Crippen molar-refractivity contribution >= 4 is 12.0 Å². The lowest BCUT2D eigenvalue weighted by Crippen LogP contribution is -2.37. The van der Waals surface area contributed by atoms with Crippen LogP contribution in [-0.2, 0) is 18.3 Å². The summed E-state index contributed by atoms with van der Waals surface area (Å²) in [5.41, 5.74) is 0. The summed E-state index contributed by atoms with van der Waals surface area (Å²) < 4.78 is 1.90. The van der Waals surface area contributed by atoms with Crippen LogP contribution in [0.2, 0.25) is 0 Å². The summed E-state index contributed by atoms with van der Waals surface area (Å²) in [6, 6.07) is -0.283. The van der Waals surface area contributed by atoms with Crippen LogP contribution in [-0.4, -0.2) is 39.7 Å². The van der Waals surface area contributed by atoms with Crippen molar-refractivity contribution in [3.05, 3.63) is 18.2 Å². The Morgan fingerprint density at radius 1 is 1.39 bits per heavy atom. The Hall–Kier alpha value is -2.05. The predicted molar refractivity (Wildman–Crippen MR) is 65.2 cm³/mol. The maximum atomic E-state index is 11.3. The van der Waals surface area contributed by atoms with Crippen molar-refractivity contribution in [2.24, 2.45) is 7.05 Å². The molecular weight excluding hydrogens is 236 g/mol. The molecule has 18 heavy (non-hydrogen) atoms. The van der Waals surface area contributed by atoms with Gasteiger partial charge >= 0.3 is 12.0 Å². The van der Waals surface area contributed by atoms with Crippen LogP contribution in [0.15, 0.2) is 12.4 Å². The number of aliphatic carboxylic acids is 1. The lowest BCUT2D eigenvalue weighted by molar-refractivity contribution is -0.137. The van der Waals surface area contributed by atoms with Crippen molar-refractivity contribution in [3.8, 4) is 0 Å². The van der Waals surface area contributed by atoms with Crippen LogP contribution in [0.4, 0.5) is 4.79 Å². The van der Waals surface area contributed by atoms with Crippen molar-refractivity contribution in [2.45, 2.75) is 19.3 Å². The summed E-state index contributed by atoms with van der Waals surface area (Å²) in [6.45, 7) is 0.857. The highest BCUT2D eigenvalue weighted by atomic mass is 16.4. The molecule has 0 radical (unpaired) electrons. The minimum atomic E-state index is -0.855. The van der Waals surface area contributed by atoms with Crippen LogP contribution in [0, 0.1) is 0 Å². The molecule has 3 N–H and O–H groups in total. The topological polar surface area (TPSA) is 96.3 Å². The third-order valence-corrected chi connectivity index (χ3v) is 2.41. The minimum Gasteiger partial charge on any atom is -0.481 e. The number of amides is 2. The van der Waals surface area contributed by atoms with Gasteiger partial charge in [0.1, 0.15) is 5.82 Å². The fourth-order valence-electron chi connectivity index (χ4n) is 1.43. The quantitative estimate of drug-likeness (QED) is 0.602. The lowest BCUT2D eigenvalue weighted by atomic mass is 10.3. The molecule has 1 aromatic heterocycles. The van der Waals surface area contributed by atoms with E-state index in [2.05, 4.69) is 15.6 Å². The average molecular weight is 254 g/mol. The molecule has 1 heterocycles. The Labute approximate surface area is 105 Å². The van der Waals surface area contributed by atoms with Gasteiger partial charge in [0.2, 0.25) is 0 Å². The Morgan fingerprint density at radius 3 is 2.72 bits per heavy atom. The number of nitrogens with zero attached hydrogens (tertiary/aromatic N) is 2. The zero-order valence-corrected chi connectivity index (χ0v) is 10.3. The molecule has 7 nitrogen and oxygen atoms in total. The van der Waals surface area contributed by atoms with Gasteiger partial charge < -0.3 is 20.3 Å². The monoisotopic (exact) mass is 254 g/mol. The van der Waals surface area contributed by atoms with Crippen molar-refractivity contribution in [2.75, 3.05) is 13.1 Å². The van der Waals surface area contributed by atoms with E-state index >= 15 is 0 Å². The molecule has 100 valence electrons. The molecule has 0 bridgehead atoms. The van der Waals surface area contributed by atoms with Gasteiger partial charge in [-0.2, -0.15) is 0 Å². The normalized spacial score (nSPS) is 10.1. The minimum absolute atomic E-state index is 0.0630. The SMILES string of the molecule is Cn1ccnc1CCNC(=O)NCCCC(=O)O. The van der Waals surface area contributed by atoms with E-state index in [-0.39, 0.29) is 12.5 Å². The Bertz CT molecular complexity index is 403. The summed E-state index contributed by atoms with van der Waals surface area (Å²) >= 11 is 0. The molecule has 0 aliphatic rings. The first-order valence-corrected chi connectivity index (χ1v) is 5.79. The number of nitrogens with one attached hydrogen (secondary N) is 2. The molecule has 1 rings (SSSR count). The number of rotatable bonds is 7. The molecule has 0 aliphatic carbocycles. The van der Waals surface area contributed by atoms with Gasteiger partial charge in [-0.3, -0.25) is 4.79 Å². The molecule has 0 saturated heterocycles. The molecule has 0 saturated carbocycles. The number of aromatic nitrogens is 2. The zero-order valence-electron chi connectivity index (χ0n) is 10.3. The van der Waals surface area contributed by atoms with Gasteiger partial charge in [0.15, 0.2) is 0 Å². The van der Waals surface area contributed by atoms with Crippen LogP contribution < -0.4 is 10.6 Å². The van der Waals surface area contributed by atoms with E-state index in [9.17, 15) is 9.59 Å². The number of aryl methyl sites for hydroxylation is 1. The number of carboxylic acid groups (broad SMARTS) is 1. The third-order valence-electron chi connectivity index (χ3n) is 2.41.